The molecular weight excluding hydrogens is 420 g/mol. The molecule has 190 valence electrons. The zero-order valence-corrected chi connectivity index (χ0v) is 21.2. The van der Waals surface area contributed by atoms with E-state index in [1.165, 1.54) is 56.4 Å². The number of esters is 1. The number of benzene rings is 1. The number of ether oxygens (including phenoxy) is 4. The molecule has 6 nitrogen and oxygen atoms in total. The van der Waals surface area contributed by atoms with Crippen LogP contribution in [0.1, 0.15) is 115 Å². The molecule has 1 aromatic rings. The zero-order valence-electron chi connectivity index (χ0n) is 21.2. The molecule has 0 amide bonds. The smallest absolute Gasteiger partial charge is 0.340 e. The Balaban J connectivity index is 2.61. The first-order valence-corrected chi connectivity index (χ1v) is 13.0. The largest absolute Gasteiger partial charge is 0.508 e. The second-order valence-corrected chi connectivity index (χ2v) is 8.52. The Morgan fingerprint density at radius 3 is 1.91 bits per heavy atom. The van der Waals surface area contributed by atoms with Gasteiger partial charge in [0.1, 0.15) is 5.75 Å². The molecule has 0 aliphatic carbocycles. The average Bonchev–Trinajstić information content (AvgIpc) is 2.79. The summed E-state index contributed by atoms with van der Waals surface area (Å²) in [4.78, 5) is 12.5. The highest BCUT2D eigenvalue weighted by Crippen LogP contribution is 2.19. The van der Waals surface area contributed by atoms with Gasteiger partial charge in [0, 0.05) is 13.0 Å². The third-order valence-corrected chi connectivity index (χ3v) is 5.32. The summed E-state index contributed by atoms with van der Waals surface area (Å²) in [7, 11) is 0. The van der Waals surface area contributed by atoms with E-state index in [-0.39, 0.29) is 12.0 Å². The highest BCUT2D eigenvalue weighted by molar-refractivity contribution is 5.89. The van der Waals surface area contributed by atoms with Crippen LogP contribution >= 0.6 is 0 Å². The molecule has 1 rings (SSSR count). The van der Waals surface area contributed by atoms with Crippen molar-refractivity contribution in [2.24, 2.45) is 0 Å². The fourth-order valence-electron chi connectivity index (χ4n) is 3.44. The van der Waals surface area contributed by atoms with Gasteiger partial charge >= 0.3 is 5.97 Å². The standard InChI is InChI=1S/C27H46O6/c1-5-9-10-11-12-13-21-30-24(14-6-2)31-25(15-7-3)32-26(16-8-4)33-27(29)22-17-19-23(28)20-18-22/h17-20,24-26,28H,5-16,21H2,1-4H3. The van der Waals surface area contributed by atoms with Gasteiger partial charge in [-0.3, -0.25) is 0 Å². The predicted molar refractivity (Wildman–Crippen MR) is 131 cm³/mol. The average molecular weight is 467 g/mol. The van der Waals surface area contributed by atoms with Gasteiger partial charge in [0.25, 0.3) is 0 Å². The maximum Gasteiger partial charge on any atom is 0.340 e. The number of aromatic hydroxyl groups is 1. The topological polar surface area (TPSA) is 74.2 Å². The Kier molecular flexibility index (Phi) is 16.7. The predicted octanol–water partition coefficient (Wildman–Crippen LogP) is 7.34. The first-order valence-electron chi connectivity index (χ1n) is 13.0. The Hall–Kier alpha value is -1.63. The summed E-state index contributed by atoms with van der Waals surface area (Å²) in [5, 5.41) is 9.43. The zero-order chi connectivity index (χ0) is 24.3. The highest BCUT2D eigenvalue weighted by atomic mass is 16.8. The van der Waals surface area contributed by atoms with Gasteiger partial charge in [-0.15, -0.1) is 0 Å². The van der Waals surface area contributed by atoms with Crippen LogP contribution in [0.5, 0.6) is 5.75 Å². The van der Waals surface area contributed by atoms with Crippen LogP contribution in [0.15, 0.2) is 24.3 Å². The lowest BCUT2D eigenvalue weighted by Crippen LogP contribution is -2.33. The molecule has 0 aliphatic rings. The summed E-state index contributed by atoms with van der Waals surface area (Å²) in [6.45, 7) is 9.11. The highest BCUT2D eigenvalue weighted by Gasteiger charge is 2.23. The number of phenolic OH excluding ortho intramolecular Hbond substituents is 1. The molecule has 0 saturated carbocycles. The van der Waals surface area contributed by atoms with Crippen molar-refractivity contribution in [3.05, 3.63) is 29.8 Å². The van der Waals surface area contributed by atoms with Crippen LogP contribution in [0.2, 0.25) is 0 Å². The van der Waals surface area contributed by atoms with Gasteiger partial charge in [0.05, 0.1) is 5.56 Å². The monoisotopic (exact) mass is 466 g/mol. The Morgan fingerprint density at radius 1 is 0.727 bits per heavy atom. The molecule has 1 N–H and O–H groups in total. The van der Waals surface area contributed by atoms with Crippen LogP contribution in [0.3, 0.4) is 0 Å². The minimum absolute atomic E-state index is 0.104. The number of hydrogen-bond donors (Lipinski definition) is 1. The lowest BCUT2D eigenvalue weighted by atomic mass is 10.1. The minimum atomic E-state index is -0.700. The first kappa shape index (κ1) is 29.4. The Labute approximate surface area is 201 Å². The molecule has 0 radical (unpaired) electrons. The van der Waals surface area contributed by atoms with Crippen molar-refractivity contribution in [1.82, 2.24) is 0 Å². The van der Waals surface area contributed by atoms with E-state index in [9.17, 15) is 9.90 Å². The van der Waals surface area contributed by atoms with E-state index >= 15 is 0 Å². The lowest BCUT2D eigenvalue weighted by Gasteiger charge is -2.28. The van der Waals surface area contributed by atoms with Gasteiger partial charge in [-0.05, 0) is 43.5 Å². The van der Waals surface area contributed by atoms with E-state index < -0.39 is 18.5 Å². The molecule has 3 atom stereocenters. The summed E-state index contributed by atoms with van der Waals surface area (Å²) < 4.78 is 23.9. The van der Waals surface area contributed by atoms with Crippen LogP contribution in [0.25, 0.3) is 0 Å². The molecule has 0 aromatic heterocycles. The minimum Gasteiger partial charge on any atom is -0.508 e. The van der Waals surface area contributed by atoms with Gasteiger partial charge in [0.15, 0.2) is 12.6 Å². The van der Waals surface area contributed by atoms with Gasteiger partial charge in [-0.25, -0.2) is 4.79 Å². The Bertz CT molecular complexity index is 603. The third kappa shape index (κ3) is 13.6. The maximum absolute atomic E-state index is 12.5. The van der Waals surface area contributed by atoms with E-state index in [1.807, 2.05) is 6.92 Å². The molecule has 0 fully saturated rings. The van der Waals surface area contributed by atoms with E-state index in [4.69, 9.17) is 18.9 Å². The molecule has 0 heterocycles. The number of rotatable bonds is 20. The normalized spacial score (nSPS) is 14.1. The molecule has 0 spiro atoms. The van der Waals surface area contributed by atoms with Crippen molar-refractivity contribution in [3.63, 3.8) is 0 Å². The summed E-state index contributed by atoms with van der Waals surface area (Å²) in [5.74, 6) is -0.375. The van der Waals surface area contributed by atoms with Crippen LogP contribution in [0, 0.1) is 0 Å². The maximum atomic E-state index is 12.5. The summed E-state index contributed by atoms with van der Waals surface area (Å²) in [6.07, 6.45) is 10.5. The van der Waals surface area contributed by atoms with Crippen LogP contribution in [0.4, 0.5) is 0 Å². The Morgan fingerprint density at radius 2 is 1.27 bits per heavy atom. The molecular formula is C27H46O6. The quantitative estimate of drug-likeness (QED) is 0.123. The first-order chi connectivity index (χ1) is 16.0. The van der Waals surface area contributed by atoms with Crippen molar-refractivity contribution < 1.29 is 28.8 Å². The second-order valence-electron chi connectivity index (χ2n) is 8.52. The second kappa shape index (κ2) is 18.8. The van der Waals surface area contributed by atoms with Crippen molar-refractivity contribution in [2.45, 2.75) is 124 Å². The van der Waals surface area contributed by atoms with E-state index in [1.54, 1.807) is 0 Å². The number of unbranched alkanes of at least 4 members (excludes halogenated alkanes) is 5. The van der Waals surface area contributed by atoms with Crippen molar-refractivity contribution in [3.8, 4) is 5.75 Å². The van der Waals surface area contributed by atoms with Crippen molar-refractivity contribution in [1.29, 1.82) is 0 Å². The van der Waals surface area contributed by atoms with Crippen LogP contribution in [-0.4, -0.2) is 36.6 Å². The van der Waals surface area contributed by atoms with E-state index in [2.05, 4.69) is 20.8 Å². The summed E-state index contributed by atoms with van der Waals surface area (Å²) >= 11 is 0. The molecule has 0 saturated heterocycles. The van der Waals surface area contributed by atoms with Gasteiger partial charge in [0.2, 0.25) is 6.29 Å². The molecule has 6 heteroatoms. The van der Waals surface area contributed by atoms with Crippen LogP contribution < -0.4 is 0 Å². The fourth-order valence-corrected chi connectivity index (χ4v) is 3.44. The SMILES string of the molecule is CCCCCCCCOC(CCC)OC(CCC)OC(CCC)OC(=O)c1ccc(O)cc1. The third-order valence-electron chi connectivity index (χ3n) is 5.32. The fraction of sp³-hybridized carbons (Fsp3) is 0.741. The molecule has 33 heavy (non-hydrogen) atoms. The van der Waals surface area contributed by atoms with Crippen molar-refractivity contribution in [2.75, 3.05) is 6.61 Å². The lowest BCUT2D eigenvalue weighted by molar-refractivity contribution is -0.288. The van der Waals surface area contributed by atoms with Gasteiger partial charge in [-0.2, -0.15) is 0 Å². The number of carbonyl (C=O) groups excluding carboxylic acids is 1. The van der Waals surface area contributed by atoms with Crippen LogP contribution in [-0.2, 0) is 18.9 Å². The van der Waals surface area contributed by atoms with E-state index in [0.29, 0.717) is 25.0 Å². The molecule has 0 bridgehead atoms. The summed E-state index contributed by atoms with van der Waals surface area (Å²) in [5.41, 5.74) is 0.372. The molecule has 0 aliphatic heterocycles. The number of carbonyl (C=O) groups is 1. The molecule has 1 aromatic carbocycles. The number of hydrogen-bond acceptors (Lipinski definition) is 6. The van der Waals surface area contributed by atoms with Gasteiger partial charge in [-0.1, -0.05) is 79.1 Å². The number of phenols is 1. The molecule has 3 unspecified atom stereocenters. The van der Waals surface area contributed by atoms with Crippen molar-refractivity contribution >= 4 is 5.97 Å². The van der Waals surface area contributed by atoms with E-state index in [0.717, 1.165) is 32.1 Å². The summed E-state index contributed by atoms with van der Waals surface area (Å²) in [6, 6.07) is 6.00. The van der Waals surface area contributed by atoms with Gasteiger partial charge < -0.3 is 24.1 Å².